The predicted molar refractivity (Wildman–Crippen MR) is 95.9 cm³/mol. The summed E-state index contributed by atoms with van der Waals surface area (Å²) >= 11 is 0. The highest BCUT2D eigenvalue weighted by molar-refractivity contribution is 5.62. The van der Waals surface area contributed by atoms with Crippen molar-refractivity contribution in [1.29, 1.82) is 0 Å². The number of aliphatic hydroxyl groups is 1. The average Bonchev–Trinajstić information content (AvgIpc) is 2.56. The first-order valence-electron chi connectivity index (χ1n) is 8.06. The fourth-order valence-electron chi connectivity index (χ4n) is 2.29. The number of hydrogen-bond donors (Lipinski definition) is 1. The zero-order valence-electron chi connectivity index (χ0n) is 13.7. The lowest BCUT2D eigenvalue weighted by Crippen LogP contribution is -1.97. The van der Waals surface area contributed by atoms with E-state index in [0.29, 0.717) is 5.82 Å². The second kappa shape index (κ2) is 9.01. The Morgan fingerprint density at radius 1 is 1.13 bits per heavy atom. The molecule has 0 radical (unpaired) electrons. The predicted octanol–water partition coefficient (Wildman–Crippen LogP) is 4.44. The fraction of sp³-hybridized carbons (Fsp3) is 0.300. The van der Waals surface area contributed by atoms with Gasteiger partial charge in [-0.2, -0.15) is 0 Å². The lowest BCUT2D eigenvalue weighted by Gasteiger charge is -2.03. The van der Waals surface area contributed by atoms with Crippen LogP contribution in [0.3, 0.4) is 0 Å². The average molecular weight is 308 g/mol. The monoisotopic (exact) mass is 308 g/mol. The van der Waals surface area contributed by atoms with Crippen molar-refractivity contribution in [3.05, 3.63) is 66.8 Å². The van der Waals surface area contributed by atoms with Gasteiger partial charge >= 0.3 is 0 Å². The van der Waals surface area contributed by atoms with Crippen molar-refractivity contribution in [2.45, 2.75) is 38.7 Å². The van der Waals surface area contributed by atoms with E-state index in [-0.39, 0.29) is 6.10 Å². The molecule has 3 nitrogen and oxygen atoms in total. The van der Waals surface area contributed by atoms with Crippen molar-refractivity contribution in [2.24, 2.45) is 0 Å². The molecule has 2 aromatic rings. The van der Waals surface area contributed by atoms with Gasteiger partial charge in [0, 0.05) is 18.0 Å². The minimum atomic E-state index is -0.225. The Labute approximate surface area is 138 Å². The summed E-state index contributed by atoms with van der Waals surface area (Å²) in [6.45, 7) is 5.57. The van der Waals surface area contributed by atoms with Gasteiger partial charge in [0.15, 0.2) is 5.82 Å². The fourth-order valence-corrected chi connectivity index (χ4v) is 2.29. The third-order valence-corrected chi connectivity index (χ3v) is 3.60. The topological polar surface area (TPSA) is 46.0 Å². The maximum absolute atomic E-state index is 9.20. The van der Waals surface area contributed by atoms with E-state index >= 15 is 0 Å². The molecule has 23 heavy (non-hydrogen) atoms. The molecule has 0 fully saturated rings. The molecule has 0 spiro atoms. The largest absolute Gasteiger partial charge is 0.393 e. The summed E-state index contributed by atoms with van der Waals surface area (Å²) < 4.78 is 0. The van der Waals surface area contributed by atoms with Gasteiger partial charge in [-0.15, -0.1) is 6.58 Å². The van der Waals surface area contributed by atoms with E-state index in [9.17, 15) is 5.11 Å². The molecule has 1 atom stereocenters. The van der Waals surface area contributed by atoms with Crippen LogP contribution in [0.4, 0.5) is 0 Å². The number of aliphatic hydroxyl groups excluding tert-OH is 1. The van der Waals surface area contributed by atoms with E-state index in [1.165, 1.54) is 5.56 Å². The van der Waals surface area contributed by atoms with Crippen LogP contribution in [0.25, 0.3) is 17.2 Å². The van der Waals surface area contributed by atoms with Gasteiger partial charge in [0.2, 0.25) is 0 Å². The third kappa shape index (κ3) is 5.80. The van der Waals surface area contributed by atoms with Gasteiger partial charge in [-0.25, -0.2) is 9.97 Å². The van der Waals surface area contributed by atoms with Crippen LogP contribution in [-0.4, -0.2) is 21.2 Å². The summed E-state index contributed by atoms with van der Waals surface area (Å²) in [5, 5.41) is 9.20. The van der Waals surface area contributed by atoms with E-state index in [2.05, 4.69) is 46.9 Å². The molecule has 0 aliphatic carbocycles. The molecule has 0 bridgehead atoms. The Morgan fingerprint density at radius 3 is 2.43 bits per heavy atom. The third-order valence-electron chi connectivity index (χ3n) is 3.60. The summed E-state index contributed by atoms with van der Waals surface area (Å²) in [5.74, 6) is 0.717. The second-order valence-electron chi connectivity index (χ2n) is 5.70. The summed E-state index contributed by atoms with van der Waals surface area (Å²) in [5.41, 5.74) is 3.38. The van der Waals surface area contributed by atoms with Crippen LogP contribution in [0.1, 0.15) is 37.6 Å². The molecule has 120 valence electrons. The Bertz CT molecular complexity index is 628. The lowest BCUT2D eigenvalue weighted by molar-refractivity contribution is 0.182. The van der Waals surface area contributed by atoms with Crippen molar-refractivity contribution < 1.29 is 5.11 Å². The molecule has 0 aliphatic rings. The van der Waals surface area contributed by atoms with Crippen LogP contribution in [0.15, 0.2) is 55.4 Å². The molecule has 0 aliphatic heterocycles. The normalized spacial score (nSPS) is 12.4. The number of aromatic nitrogens is 2. The van der Waals surface area contributed by atoms with Crippen LogP contribution in [0.5, 0.6) is 0 Å². The van der Waals surface area contributed by atoms with Gasteiger partial charge < -0.3 is 5.11 Å². The SMILES string of the molecule is C=CCc1ccc(-c2cnc(C=CCCCC(C)O)nc2)cc1. The molecular weight excluding hydrogens is 284 g/mol. The molecule has 1 N–H and O–H groups in total. The van der Waals surface area contributed by atoms with Crippen molar-refractivity contribution >= 4 is 6.08 Å². The van der Waals surface area contributed by atoms with Crippen LogP contribution in [0.2, 0.25) is 0 Å². The van der Waals surface area contributed by atoms with Crippen molar-refractivity contribution in [2.75, 3.05) is 0 Å². The number of benzene rings is 1. The summed E-state index contributed by atoms with van der Waals surface area (Å²) in [6, 6.07) is 8.38. The number of rotatable bonds is 8. The molecule has 1 unspecified atom stereocenters. The minimum Gasteiger partial charge on any atom is -0.393 e. The van der Waals surface area contributed by atoms with Crippen LogP contribution < -0.4 is 0 Å². The summed E-state index contributed by atoms with van der Waals surface area (Å²) in [6.07, 6.45) is 13.0. The highest BCUT2D eigenvalue weighted by atomic mass is 16.3. The van der Waals surface area contributed by atoms with Gasteiger partial charge in [-0.05, 0) is 49.8 Å². The standard InChI is InChI=1S/C20H24N2O/c1-3-7-17-10-12-18(13-11-17)19-14-21-20(22-15-19)9-6-4-5-8-16(2)23/h3,6,9-16,23H,1,4-5,7-8H2,2H3. The molecule has 0 saturated heterocycles. The van der Waals surface area contributed by atoms with Gasteiger partial charge in [-0.3, -0.25) is 0 Å². The molecule has 0 amide bonds. The van der Waals surface area contributed by atoms with Crippen molar-refractivity contribution in [3.8, 4) is 11.1 Å². The molecule has 2 rings (SSSR count). The highest BCUT2D eigenvalue weighted by Crippen LogP contribution is 2.18. The maximum Gasteiger partial charge on any atom is 0.151 e. The first-order chi connectivity index (χ1) is 11.2. The van der Waals surface area contributed by atoms with E-state index in [1.54, 1.807) is 0 Å². The molecular formula is C20H24N2O. The zero-order chi connectivity index (χ0) is 16.5. The van der Waals surface area contributed by atoms with Crippen LogP contribution >= 0.6 is 0 Å². The first kappa shape index (κ1) is 17.1. The highest BCUT2D eigenvalue weighted by Gasteiger charge is 2.00. The van der Waals surface area contributed by atoms with Gasteiger partial charge in [0.1, 0.15) is 0 Å². The molecule has 1 aromatic carbocycles. The number of allylic oxidation sites excluding steroid dienone is 2. The zero-order valence-corrected chi connectivity index (χ0v) is 13.7. The van der Waals surface area contributed by atoms with Crippen LogP contribution in [-0.2, 0) is 6.42 Å². The molecule has 0 saturated carbocycles. The van der Waals surface area contributed by atoms with E-state index < -0.39 is 0 Å². The smallest absolute Gasteiger partial charge is 0.151 e. The van der Waals surface area contributed by atoms with Gasteiger partial charge in [0.25, 0.3) is 0 Å². The number of hydrogen-bond acceptors (Lipinski definition) is 3. The number of unbranched alkanes of at least 4 members (excludes halogenated alkanes) is 1. The quantitative estimate of drug-likeness (QED) is 0.579. The Kier molecular flexibility index (Phi) is 6.70. The van der Waals surface area contributed by atoms with E-state index in [1.807, 2.05) is 31.5 Å². The Morgan fingerprint density at radius 2 is 1.83 bits per heavy atom. The Hall–Kier alpha value is -2.26. The summed E-state index contributed by atoms with van der Waals surface area (Å²) in [4.78, 5) is 8.77. The van der Waals surface area contributed by atoms with Crippen molar-refractivity contribution in [3.63, 3.8) is 0 Å². The van der Waals surface area contributed by atoms with Gasteiger partial charge in [-0.1, -0.05) is 36.4 Å². The minimum absolute atomic E-state index is 0.225. The molecule has 1 aromatic heterocycles. The van der Waals surface area contributed by atoms with Crippen LogP contribution in [0, 0.1) is 0 Å². The summed E-state index contributed by atoms with van der Waals surface area (Å²) in [7, 11) is 0. The first-order valence-corrected chi connectivity index (χ1v) is 8.06. The van der Waals surface area contributed by atoms with E-state index in [4.69, 9.17) is 0 Å². The van der Waals surface area contributed by atoms with Crippen molar-refractivity contribution in [1.82, 2.24) is 9.97 Å². The number of nitrogens with zero attached hydrogens (tertiary/aromatic N) is 2. The van der Waals surface area contributed by atoms with E-state index in [0.717, 1.165) is 36.8 Å². The second-order valence-corrected chi connectivity index (χ2v) is 5.70. The van der Waals surface area contributed by atoms with Gasteiger partial charge in [0.05, 0.1) is 6.10 Å². The maximum atomic E-state index is 9.20. The lowest BCUT2D eigenvalue weighted by atomic mass is 10.1. The molecule has 1 heterocycles. The Balaban J connectivity index is 1.93. The molecule has 3 heteroatoms.